The van der Waals surface area contributed by atoms with Gasteiger partial charge in [-0.15, -0.1) is 0 Å². The maximum absolute atomic E-state index is 12.0. The zero-order chi connectivity index (χ0) is 14.3. The fourth-order valence-electron chi connectivity index (χ4n) is 2.69. The molecule has 1 atom stereocenters. The highest BCUT2D eigenvalue weighted by molar-refractivity contribution is 6.03. The third-order valence-electron chi connectivity index (χ3n) is 3.95. The van der Waals surface area contributed by atoms with E-state index >= 15 is 0 Å². The Morgan fingerprint density at radius 1 is 1.45 bits per heavy atom. The van der Waals surface area contributed by atoms with Gasteiger partial charge in [0, 0.05) is 6.54 Å². The number of aryl methyl sites for hydroxylation is 1. The third-order valence-corrected chi connectivity index (χ3v) is 3.95. The molecule has 1 heterocycles. The number of rotatable bonds is 4. The van der Waals surface area contributed by atoms with Gasteiger partial charge in [-0.2, -0.15) is 4.99 Å². The van der Waals surface area contributed by atoms with Crippen LogP contribution in [0.3, 0.4) is 0 Å². The van der Waals surface area contributed by atoms with Crippen LogP contribution < -0.4 is 10.5 Å². The molecule has 1 aliphatic heterocycles. The molecule has 5 nitrogen and oxygen atoms in total. The number of carbonyl (C=O) groups is 1. The minimum absolute atomic E-state index is 0.215. The first kappa shape index (κ1) is 13.0. The Hall–Kier alpha value is -2.04. The summed E-state index contributed by atoms with van der Waals surface area (Å²) in [5.41, 5.74) is 7.99. The van der Waals surface area contributed by atoms with Gasteiger partial charge in [0.05, 0.1) is 7.11 Å². The molecule has 3 rings (SSSR count). The molecule has 1 aromatic carbocycles. The summed E-state index contributed by atoms with van der Waals surface area (Å²) in [4.78, 5) is 17.7. The van der Waals surface area contributed by atoms with Gasteiger partial charge in [0.25, 0.3) is 0 Å². The van der Waals surface area contributed by atoms with Crippen molar-refractivity contribution in [3.8, 4) is 5.75 Å². The van der Waals surface area contributed by atoms with Gasteiger partial charge in [0.2, 0.25) is 0 Å². The monoisotopic (exact) mass is 273 g/mol. The summed E-state index contributed by atoms with van der Waals surface area (Å²) in [5, 5.41) is 0. The average molecular weight is 273 g/mol. The number of hydrogen-bond donors (Lipinski definition) is 1. The molecular weight excluding hydrogens is 254 g/mol. The van der Waals surface area contributed by atoms with Gasteiger partial charge in [0.1, 0.15) is 17.6 Å². The minimum Gasteiger partial charge on any atom is -0.496 e. The van der Waals surface area contributed by atoms with Crippen molar-refractivity contribution in [2.24, 2.45) is 16.6 Å². The highest BCUT2D eigenvalue weighted by Gasteiger charge is 2.38. The minimum atomic E-state index is -0.229. The second-order valence-corrected chi connectivity index (χ2v) is 5.55. The van der Waals surface area contributed by atoms with Gasteiger partial charge in [-0.25, -0.2) is 4.79 Å². The molecule has 2 N–H and O–H groups in total. The van der Waals surface area contributed by atoms with E-state index in [1.807, 2.05) is 25.1 Å². The summed E-state index contributed by atoms with van der Waals surface area (Å²) in [6.07, 6.45) is 2.39. The Labute approximate surface area is 118 Å². The van der Waals surface area contributed by atoms with Crippen molar-refractivity contribution in [1.82, 2.24) is 4.90 Å². The molecule has 2 aliphatic rings. The average Bonchev–Trinajstić information content (AvgIpc) is 3.17. The summed E-state index contributed by atoms with van der Waals surface area (Å²) < 4.78 is 5.27. The van der Waals surface area contributed by atoms with Gasteiger partial charge in [-0.3, -0.25) is 0 Å². The molecule has 1 aliphatic carbocycles. The predicted octanol–water partition coefficient (Wildman–Crippen LogP) is 2.25. The van der Waals surface area contributed by atoms with E-state index in [0.29, 0.717) is 11.8 Å². The van der Waals surface area contributed by atoms with Crippen LogP contribution in [0.5, 0.6) is 5.75 Å². The molecule has 5 heteroatoms. The second-order valence-electron chi connectivity index (χ2n) is 5.55. The standard InChI is InChI=1S/C15H19N3O2/c1-9-7-11(5-6-12(9)20-2)13-14(16)17-15(19)18(13)8-10-3-4-10/h5-7,10,13H,3-4,8H2,1-2H3,(H2,16,17,19). The Morgan fingerprint density at radius 2 is 2.20 bits per heavy atom. The van der Waals surface area contributed by atoms with Crippen molar-refractivity contribution < 1.29 is 9.53 Å². The molecule has 106 valence electrons. The molecule has 1 aromatic rings. The molecule has 0 bridgehead atoms. The molecule has 1 fully saturated rings. The molecule has 0 radical (unpaired) electrons. The van der Waals surface area contributed by atoms with Gasteiger partial charge >= 0.3 is 6.03 Å². The Bertz CT molecular complexity index is 578. The van der Waals surface area contributed by atoms with Gasteiger partial charge < -0.3 is 15.4 Å². The zero-order valence-electron chi connectivity index (χ0n) is 11.8. The second kappa shape index (κ2) is 4.81. The number of nitrogens with zero attached hydrogens (tertiary/aromatic N) is 2. The maximum Gasteiger partial charge on any atom is 0.346 e. The van der Waals surface area contributed by atoms with E-state index in [9.17, 15) is 4.79 Å². The largest absolute Gasteiger partial charge is 0.496 e. The molecule has 1 saturated carbocycles. The van der Waals surface area contributed by atoms with Crippen LogP contribution >= 0.6 is 0 Å². The van der Waals surface area contributed by atoms with Crippen LogP contribution in [0.2, 0.25) is 0 Å². The lowest BCUT2D eigenvalue weighted by Crippen LogP contribution is -2.34. The number of amides is 2. The Morgan fingerprint density at radius 3 is 2.80 bits per heavy atom. The molecule has 1 unspecified atom stereocenters. The molecule has 0 saturated heterocycles. The van der Waals surface area contributed by atoms with E-state index in [4.69, 9.17) is 10.5 Å². The lowest BCUT2D eigenvalue weighted by Gasteiger charge is -2.25. The number of amidine groups is 1. The van der Waals surface area contributed by atoms with Crippen LogP contribution in [0.1, 0.15) is 30.0 Å². The number of methoxy groups -OCH3 is 1. The fourth-order valence-corrected chi connectivity index (χ4v) is 2.69. The highest BCUT2D eigenvalue weighted by atomic mass is 16.5. The topological polar surface area (TPSA) is 67.9 Å². The van der Waals surface area contributed by atoms with Gasteiger partial charge in [0.15, 0.2) is 0 Å². The van der Waals surface area contributed by atoms with Crippen molar-refractivity contribution in [3.05, 3.63) is 29.3 Å². The Balaban J connectivity index is 1.91. The lowest BCUT2D eigenvalue weighted by atomic mass is 10.0. The van der Waals surface area contributed by atoms with Crippen molar-refractivity contribution in [2.45, 2.75) is 25.8 Å². The quantitative estimate of drug-likeness (QED) is 0.914. The number of benzene rings is 1. The third kappa shape index (κ3) is 2.24. The summed E-state index contributed by atoms with van der Waals surface area (Å²) in [5.74, 6) is 1.84. The number of aliphatic imine (C=N–C) groups is 1. The summed E-state index contributed by atoms with van der Waals surface area (Å²) in [6.45, 7) is 2.73. The van der Waals surface area contributed by atoms with Crippen molar-refractivity contribution in [2.75, 3.05) is 13.7 Å². The molecule has 0 spiro atoms. The molecule has 2 amide bonds. The number of ether oxygens (including phenoxy) is 1. The van der Waals surface area contributed by atoms with E-state index in [2.05, 4.69) is 4.99 Å². The van der Waals surface area contributed by atoms with Crippen LogP contribution in [-0.4, -0.2) is 30.4 Å². The van der Waals surface area contributed by atoms with Crippen LogP contribution in [0.25, 0.3) is 0 Å². The normalized spacial score (nSPS) is 22.1. The van der Waals surface area contributed by atoms with Crippen molar-refractivity contribution in [3.63, 3.8) is 0 Å². The fraction of sp³-hybridized carbons (Fsp3) is 0.467. The highest BCUT2D eigenvalue weighted by Crippen LogP contribution is 2.36. The van der Waals surface area contributed by atoms with Gasteiger partial charge in [-0.05, 0) is 48.9 Å². The first-order chi connectivity index (χ1) is 9.60. The van der Waals surface area contributed by atoms with Crippen LogP contribution in [0.4, 0.5) is 4.79 Å². The number of hydrogen-bond acceptors (Lipinski definition) is 3. The molecule has 20 heavy (non-hydrogen) atoms. The van der Waals surface area contributed by atoms with Crippen LogP contribution in [0.15, 0.2) is 23.2 Å². The van der Waals surface area contributed by atoms with Crippen molar-refractivity contribution in [1.29, 1.82) is 0 Å². The van der Waals surface area contributed by atoms with Crippen LogP contribution in [0, 0.1) is 12.8 Å². The predicted molar refractivity (Wildman–Crippen MR) is 76.9 cm³/mol. The first-order valence-corrected chi connectivity index (χ1v) is 6.89. The lowest BCUT2D eigenvalue weighted by molar-refractivity contribution is 0.204. The number of urea groups is 1. The Kier molecular flexibility index (Phi) is 3.12. The smallest absolute Gasteiger partial charge is 0.346 e. The van der Waals surface area contributed by atoms with Crippen LogP contribution in [-0.2, 0) is 0 Å². The van der Waals surface area contributed by atoms with Crippen molar-refractivity contribution >= 4 is 11.9 Å². The summed E-state index contributed by atoms with van der Waals surface area (Å²) in [7, 11) is 1.65. The van der Waals surface area contributed by atoms with E-state index < -0.39 is 0 Å². The number of nitrogens with two attached hydrogens (primary N) is 1. The van der Waals surface area contributed by atoms with E-state index in [1.165, 1.54) is 12.8 Å². The number of carbonyl (C=O) groups excluding carboxylic acids is 1. The van der Waals surface area contributed by atoms with E-state index in [0.717, 1.165) is 23.4 Å². The van der Waals surface area contributed by atoms with Gasteiger partial charge in [-0.1, -0.05) is 6.07 Å². The summed E-state index contributed by atoms with van der Waals surface area (Å²) >= 11 is 0. The van der Waals surface area contributed by atoms with E-state index in [-0.39, 0.29) is 12.1 Å². The summed E-state index contributed by atoms with van der Waals surface area (Å²) in [6, 6.07) is 5.44. The zero-order valence-corrected chi connectivity index (χ0v) is 11.8. The maximum atomic E-state index is 12.0. The SMILES string of the molecule is COc1ccc(C2C(N)=NC(=O)N2CC2CC2)cc1C. The molecule has 0 aromatic heterocycles. The van der Waals surface area contributed by atoms with E-state index in [1.54, 1.807) is 12.0 Å². The molecular formula is C15H19N3O2. The first-order valence-electron chi connectivity index (χ1n) is 6.89.